The molecule has 0 radical (unpaired) electrons. The van der Waals surface area contributed by atoms with Crippen LogP contribution in [0.4, 0.5) is 0 Å². The summed E-state index contributed by atoms with van der Waals surface area (Å²) in [7, 11) is 3.05. The summed E-state index contributed by atoms with van der Waals surface area (Å²) in [4.78, 5) is 23.2. The van der Waals surface area contributed by atoms with Crippen molar-refractivity contribution in [1.82, 2.24) is 0 Å². The molecule has 2 rings (SSSR count). The number of benzene rings is 2. The van der Waals surface area contributed by atoms with E-state index in [4.69, 9.17) is 14.6 Å². The quantitative estimate of drug-likeness (QED) is 0.706. The van der Waals surface area contributed by atoms with Crippen molar-refractivity contribution in [2.45, 2.75) is 25.7 Å². The monoisotopic (exact) mass is 342 g/mol. The number of Topliss-reactive ketones (excluding diaryl/α,β-unsaturated/α-hetero) is 1. The molecule has 25 heavy (non-hydrogen) atoms. The zero-order valence-electron chi connectivity index (χ0n) is 14.5. The van der Waals surface area contributed by atoms with Crippen molar-refractivity contribution in [1.29, 1.82) is 0 Å². The number of carboxylic acid groups (broad SMARTS) is 1. The first-order valence-corrected chi connectivity index (χ1v) is 8.09. The number of hydrogen-bond donors (Lipinski definition) is 1. The van der Waals surface area contributed by atoms with Crippen LogP contribution in [0, 0.1) is 0 Å². The van der Waals surface area contributed by atoms with Gasteiger partial charge in [-0.05, 0) is 36.1 Å². The molecule has 0 amide bonds. The van der Waals surface area contributed by atoms with Crippen LogP contribution in [0.2, 0.25) is 0 Å². The first kappa shape index (κ1) is 18.5. The Kier molecular flexibility index (Phi) is 6.57. The molecule has 0 spiro atoms. The second-order valence-electron chi connectivity index (χ2n) is 5.70. The Labute approximate surface area is 147 Å². The van der Waals surface area contributed by atoms with Crippen molar-refractivity contribution in [2.75, 3.05) is 14.2 Å². The summed E-state index contributed by atoms with van der Waals surface area (Å²) in [5.41, 5.74) is 2.39. The highest BCUT2D eigenvalue weighted by Gasteiger charge is 2.18. The Bertz CT molecular complexity index is 712. The molecule has 2 aromatic rings. The molecule has 0 aliphatic rings. The van der Waals surface area contributed by atoms with E-state index in [0.717, 1.165) is 11.1 Å². The van der Waals surface area contributed by atoms with Gasteiger partial charge < -0.3 is 14.6 Å². The zero-order chi connectivity index (χ0) is 18.2. The van der Waals surface area contributed by atoms with E-state index in [1.54, 1.807) is 18.2 Å². The highest BCUT2D eigenvalue weighted by molar-refractivity contribution is 6.02. The van der Waals surface area contributed by atoms with Crippen LogP contribution < -0.4 is 9.47 Å². The van der Waals surface area contributed by atoms with Crippen molar-refractivity contribution in [3.8, 4) is 11.5 Å². The number of methoxy groups -OCH3 is 2. The van der Waals surface area contributed by atoms with Gasteiger partial charge in [-0.2, -0.15) is 0 Å². The molecule has 5 heteroatoms. The molecule has 0 saturated heterocycles. The molecule has 0 fully saturated rings. The molecule has 0 aliphatic heterocycles. The van der Waals surface area contributed by atoms with Gasteiger partial charge in [0.15, 0.2) is 5.78 Å². The lowest BCUT2D eigenvalue weighted by Gasteiger charge is -2.12. The van der Waals surface area contributed by atoms with Crippen LogP contribution in [0.25, 0.3) is 0 Å². The van der Waals surface area contributed by atoms with Crippen molar-refractivity contribution in [2.24, 2.45) is 0 Å². The SMILES string of the molecule is COc1cccc(OC)c1C(=O)Cc1ccc(CCCC(=O)O)cc1. The number of carboxylic acids is 1. The average molecular weight is 342 g/mol. The minimum absolute atomic E-state index is 0.0760. The number of ether oxygens (including phenoxy) is 2. The van der Waals surface area contributed by atoms with Gasteiger partial charge in [-0.1, -0.05) is 30.3 Å². The van der Waals surface area contributed by atoms with Gasteiger partial charge in [0, 0.05) is 12.8 Å². The normalized spacial score (nSPS) is 10.3. The zero-order valence-corrected chi connectivity index (χ0v) is 14.5. The molecular formula is C20H22O5. The maximum Gasteiger partial charge on any atom is 0.303 e. The number of rotatable bonds is 9. The van der Waals surface area contributed by atoms with Gasteiger partial charge in [-0.25, -0.2) is 0 Å². The maximum atomic E-state index is 12.7. The first-order valence-electron chi connectivity index (χ1n) is 8.09. The van der Waals surface area contributed by atoms with Gasteiger partial charge in [0.25, 0.3) is 0 Å². The van der Waals surface area contributed by atoms with Gasteiger partial charge in [-0.15, -0.1) is 0 Å². The molecule has 2 aromatic carbocycles. The number of carbonyl (C=O) groups is 2. The van der Waals surface area contributed by atoms with Crippen molar-refractivity contribution in [3.63, 3.8) is 0 Å². The third kappa shape index (κ3) is 5.08. The molecule has 0 unspecified atom stereocenters. The van der Waals surface area contributed by atoms with Crippen LogP contribution in [0.5, 0.6) is 11.5 Å². The lowest BCUT2D eigenvalue weighted by atomic mass is 9.99. The van der Waals surface area contributed by atoms with E-state index in [1.807, 2.05) is 24.3 Å². The molecule has 0 aliphatic carbocycles. The molecule has 0 saturated carbocycles. The summed E-state index contributed by atoms with van der Waals surface area (Å²) >= 11 is 0. The predicted octanol–water partition coefficient (Wildman–Crippen LogP) is 3.54. The number of ketones is 1. The van der Waals surface area contributed by atoms with Crippen molar-refractivity contribution in [3.05, 3.63) is 59.2 Å². The number of carbonyl (C=O) groups excluding carboxylic acids is 1. The van der Waals surface area contributed by atoms with Crippen LogP contribution >= 0.6 is 0 Å². The summed E-state index contributed by atoms with van der Waals surface area (Å²) < 4.78 is 10.6. The Morgan fingerprint density at radius 3 is 2.00 bits per heavy atom. The Hall–Kier alpha value is -2.82. The van der Waals surface area contributed by atoms with Gasteiger partial charge >= 0.3 is 5.97 Å². The van der Waals surface area contributed by atoms with Gasteiger partial charge in [-0.3, -0.25) is 9.59 Å². The highest BCUT2D eigenvalue weighted by atomic mass is 16.5. The van der Waals surface area contributed by atoms with Crippen LogP contribution in [-0.2, 0) is 17.6 Å². The van der Waals surface area contributed by atoms with Crippen LogP contribution in [-0.4, -0.2) is 31.1 Å². The summed E-state index contributed by atoms with van der Waals surface area (Å²) in [5.74, 6) is 0.130. The molecule has 1 N–H and O–H groups in total. The van der Waals surface area contributed by atoms with Gasteiger partial charge in [0.1, 0.15) is 17.1 Å². The summed E-state index contributed by atoms with van der Waals surface area (Å²) in [5, 5.41) is 8.67. The van der Waals surface area contributed by atoms with E-state index in [-0.39, 0.29) is 18.6 Å². The largest absolute Gasteiger partial charge is 0.496 e. The minimum Gasteiger partial charge on any atom is -0.496 e. The standard InChI is InChI=1S/C20H22O5/c1-24-17-6-4-7-18(25-2)20(17)16(21)13-15-11-9-14(10-12-15)5-3-8-19(22)23/h4,6-7,9-12H,3,5,8,13H2,1-2H3,(H,22,23). The van der Waals surface area contributed by atoms with E-state index in [1.165, 1.54) is 14.2 Å². The van der Waals surface area contributed by atoms with Gasteiger partial charge in [0.2, 0.25) is 0 Å². The topological polar surface area (TPSA) is 72.8 Å². The lowest BCUT2D eigenvalue weighted by Crippen LogP contribution is -2.08. The second-order valence-corrected chi connectivity index (χ2v) is 5.70. The third-order valence-corrected chi connectivity index (χ3v) is 3.95. The fourth-order valence-electron chi connectivity index (χ4n) is 2.67. The number of hydrogen-bond acceptors (Lipinski definition) is 4. The van der Waals surface area contributed by atoms with Crippen LogP contribution in [0.1, 0.15) is 34.3 Å². The van der Waals surface area contributed by atoms with Crippen molar-refractivity contribution < 1.29 is 24.2 Å². The van der Waals surface area contributed by atoms with E-state index >= 15 is 0 Å². The smallest absolute Gasteiger partial charge is 0.303 e. The maximum absolute atomic E-state index is 12.7. The van der Waals surface area contributed by atoms with Gasteiger partial charge in [0.05, 0.1) is 14.2 Å². The van der Waals surface area contributed by atoms with E-state index in [9.17, 15) is 9.59 Å². The summed E-state index contributed by atoms with van der Waals surface area (Å²) in [6.45, 7) is 0. The van der Waals surface area contributed by atoms with Crippen LogP contribution in [0.3, 0.4) is 0 Å². The number of aryl methyl sites for hydroxylation is 1. The Balaban J connectivity index is 2.07. The third-order valence-electron chi connectivity index (χ3n) is 3.95. The van der Waals surface area contributed by atoms with E-state index in [2.05, 4.69) is 0 Å². The highest BCUT2D eigenvalue weighted by Crippen LogP contribution is 2.29. The summed E-state index contributed by atoms with van der Waals surface area (Å²) in [6, 6.07) is 12.9. The fraction of sp³-hybridized carbons (Fsp3) is 0.300. The molecule has 0 bridgehead atoms. The molecule has 132 valence electrons. The van der Waals surface area contributed by atoms with E-state index < -0.39 is 5.97 Å². The lowest BCUT2D eigenvalue weighted by molar-refractivity contribution is -0.137. The first-order chi connectivity index (χ1) is 12.0. The van der Waals surface area contributed by atoms with E-state index in [0.29, 0.717) is 29.9 Å². The second kappa shape index (κ2) is 8.87. The average Bonchev–Trinajstić information content (AvgIpc) is 2.62. The number of aliphatic carboxylic acids is 1. The fourth-order valence-corrected chi connectivity index (χ4v) is 2.67. The predicted molar refractivity (Wildman–Crippen MR) is 94.6 cm³/mol. The molecule has 0 atom stereocenters. The molecule has 5 nitrogen and oxygen atoms in total. The Morgan fingerprint density at radius 1 is 0.920 bits per heavy atom. The van der Waals surface area contributed by atoms with Crippen molar-refractivity contribution >= 4 is 11.8 Å². The molecule has 0 heterocycles. The Morgan fingerprint density at radius 2 is 1.48 bits per heavy atom. The molecular weight excluding hydrogens is 320 g/mol. The van der Waals surface area contributed by atoms with Crippen LogP contribution in [0.15, 0.2) is 42.5 Å². The minimum atomic E-state index is -0.784. The summed E-state index contributed by atoms with van der Waals surface area (Å²) in [6.07, 6.45) is 1.72. The molecule has 0 aromatic heterocycles.